The van der Waals surface area contributed by atoms with Crippen LogP contribution in [0.4, 0.5) is 0 Å². The number of amides is 1. The molecule has 0 aromatic rings. The first-order valence-electron chi connectivity index (χ1n) is 35.6. The van der Waals surface area contributed by atoms with Crippen LogP contribution in [0, 0.1) is 0 Å². The SMILES string of the molecule is CCCCCCCCCCCCCCCCCC(O)C(CO)NC(=O)CCCCCCCCCCCCCCCCCCC/C=C\C/C=C\CCCCCCCCCCCOC(=O)CCCCCCCCCCCCCCC. The molecule has 0 saturated heterocycles. The number of carbonyl (C=O) groups is 2. The number of allylic oxidation sites excluding steroid dienone is 4. The number of aliphatic hydroxyl groups excluding tert-OH is 2. The standard InChI is InChI=1S/C72H139NO5/c1-3-5-7-9-11-13-15-17-37-41-44-48-52-56-60-64-70(75)69(68-74)73-71(76)65-61-57-53-49-45-42-38-35-33-31-29-27-25-23-21-19-18-20-22-24-26-28-30-32-34-36-39-43-47-51-55-59-63-67-78-72(77)66-62-58-54-50-46-40-16-14-12-10-8-6-4-2/h22,24,28,30,69-70,74-75H,3-21,23,25-27,29,31-68H2,1-2H3,(H,73,76)/b24-22-,30-28-. The van der Waals surface area contributed by atoms with Crippen LogP contribution < -0.4 is 5.32 Å². The van der Waals surface area contributed by atoms with E-state index in [1.807, 2.05) is 0 Å². The van der Waals surface area contributed by atoms with Gasteiger partial charge in [0.05, 0.1) is 25.4 Å². The van der Waals surface area contributed by atoms with Gasteiger partial charge in [-0.05, 0) is 57.8 Å². The van der Waals surface area contributed by atoms with Crippen molar-refractivity contribution in [1.82, 2.24) is 5.32 Å². The van der Waals surface area contributed by atoms with Crippen molar-refractivity contribution in [1.29, 1.82) is 0 Å². The minimum atomic E-state index is -0.662. The van der Waals surface area contributed by atoms with Gasteiger partial charge in [0.2, 0.25) is 5.91 Å². The van der Waals surface area contributed by atoms with Crippen molar-refractivity contribution in [3.05, 3.63) is 24.3 Å². The minimum absolute atomic E-state index is 0.0163. The highest BCUT2D eigenvalue weighted by atomic mass is 16.5. The van der Waals surface area contributed by atoms with Crippen LogP contribution in [0.1, 0.15) is 399 Å². The Morgan fingerprint density at radius 1 is 0.359 bits per heavy atom. The first kappa shape index (κ1) is 76.3. The summed E-state index contributed by atoms with van der Waals surface area (Å²) >= 11 is 0. The van der Waals surface area contributed by atoms with E-state index in [0.29, 0.717) is 25.9 Å². The van der Waals surface area contributed by atoms with Crippen molar-refractivity contribution in [2.75, 3.05) is 13.2 Å². The zero-order valence-corrected chi connectivity index (χ0v) is 52.9. The van der Waals surface area contributed by atoms with Gasteiger partial charge in [-0.2, -0.15) is 0 Å². The summed E-state index contributed by atoms with van der Waals surface area (Å²) in [4.78, 5) is 24.6. The second-order valence-electron chi connectivity index (χ2n) is 24.6. The fourth-order valence-corrected chi connectivity index (χ4v) is 11.3. The van der Waals surface area contributed by atoms with Crippen LogP contribution in [0.15, 0.2) is 24.3 Å². The van der Waals surface area contributed by atoms with Crippen LogP contribution in [-0.2, 0) is 14.3 Å². The van der Waals surface area contributed by atoms with Crippen LogP contribution >= 0.6 is 0 Å². The predicted octanol–water partition coefficient (Wildman–Crippen LogP) is 22.9. The fourth-order valence-electron chi connectivity index (χ4n) is 11.3. The van der Waals surface area contributed by atoms with E-state index in [1.165, 1.54) is 321 Å². The van der Waals surface area contributed by atoms with Crippen LogP contribution in [0.2, 0.25) is 0 Å². The van der Waals surface area contributed by atoms with Gasteiger partial charge < -0.3 is 20.3 Å². The Bertz CT molecular complexity index is 1220. The zero-order valence-electron chi connectivity index (χ0n) is 52.9. The number of hydrogen-bond acceptors (Lipinski definition) is 5. The first-order valence-corrected chi connectivity index (χ1v) is 35.6. The van der Waals surface area contributed by atoms with E-state index in [9.17, 15) is 19.8 Å². The molecule has 0 bridgehead atoms. The molecule has 0 aliphatic rings. The third kappa shape index (κ3) is 63.5. The van der Waals surface area contributed by atoms with Crippen molar-refractivity contribution in [2.24, 2.45) is 0 Å². The van der Waals surface area contributed by atoms with Gasteiger partial charge in [0, 0.05) is 12.8 Å². The quantitative estimate of drug-likeness (QED) is 0.0320. The van der Waals surface area contributed by atoms with Gasteiger partial charge in [-0.1, -0.05) is 353 Å². The average molecular weight is 1100 g/mol. The highest BCUT2D eigenvalue weighted by molar-refractivity contribution is 5.76. The second-order valence-corrected chi connectivity index (χ2v) is 24.6. The van der Waals surface area contributed by atoms with Gasteiger partial charge in [-0.25, -0.2) is 0 Å². The number of unbranched alkanes of at least 4 members (excludes halogenated alkanes) is 52. The molecule has 0 fully saturated rings. The topological polar surface area (TPSA) is 95.9 Å². The molecule has 0 aromatic heterocycles. The number of carbonyl (C=O) groups excluding carboxylic acids is 2. The number of nitrogens with one attached hydrogen (secondary N) is 1. The molecule has 462 valence electrons. The summed E-state index contributed by atoms with van der Waals surface area (Å²) in [7, 11) is 0. The Morgan fingerprint density at radius 2 is 0.641 bits per heavy atom. The maximum absolute atomic E-state index is 12.5. The second kappa shape index (κ2) is 67.8. The van der Waals surface area contributed by atoms with E-state index in [1.54, 1.807) is 0 Å². The minimum Gasteiger partial charge on any atom is -0.466 e. The lowest BCUT2D eigenvalue weighted by Crippen LogP contribution is -2.45. The molecule has 0 radical (unpaired) electrons. The summed E-state index contributed by atoms with van der Waals surface area (Å²) in [6.45, 7) is 4.98. The van der Waals surface area contributed by atoms with Gasteiger partial charge in [0.1, 0.15) is 0 Å². The molecular weight excluding hydrogens is 959 g/mol. The molecule has 2 atom stereocenters. The van der Waals surface area contributed by atoms with Crippen molar-refractivity contribution in [3.8, 4) is 0 Å². The number of esters is 1. The lowest BCUT2D eigenvalue weighted by molar-refractivity contribution is -0.143. The zero-order chi connectivity index (χ0) is 56.4. The van der Waals surface area contributed by atoms with Crippen molar-refractivity contribution >= 4 is 11.9 Å². The molecule has 0 aromatic carbocycles. The summed E-state index contributed by atoms with van der Waals surface area (Å²) in [6, 6.07) is -0.539. The maximum Gasteiger partial charge on any atom is 0.305 e. The number of rotatable bonds is 67. The first-order chi connectivity index (χ1) is 38.5. The Hall–Kier alpha value is -1.66. The Morgan fingerprint density at radius 3 is 0.974 bits per heavy atom. The summed E-state index contributed by atoms with van der Waals surface area (Å²) < 4.78 is 5.48. The molecule has 0 saturated carbocycles. The van der Waals surface area contributed by atoms with E-state index in [0.717, 1.165) is 44.9 Å². The number of aliphatic hydroxyl groups is 2. The van der Waals surface area contributed by atoms with Gasteiger partial charge in [-0.3, -0.25) is 9.59 Å². The molecule has 0 rings (SSSR count). The molecule has 3 N–H and O–H groups in total. The molecular formula is C72H139NO5. The van der Waals surface area contributed by atoms with E-state index in [2.05, 4.69) is 43.5 Å². The van der Waals surface area contributed by atoms with E-state index in [-0.39, 0.29) is 18.5 Å². The molecule has 1 amide bonds. The largest absolute Gasteiger partial charge is 0.466 e. The molecule has 0 aliphatic heterocycles. The Labute approximate surface area is 488 Å². The van der Waals surface area contributed by atoms with E-state index in [4.69, 9.17) is 4.74 Å². The van der Waals surface area contributed by atoms with E-state index >= 15 is 0 Å². The van der Waals surface area contributed by atoms with Crippen LogP contribution in [0.3, 0.4) is 0 Å². The van der Waals surface area contributed by atoms with Crippen LogP contribution in [-0.4, -0.2) is 47.4 Å². The third-order valence-corrected chi connectivity index (χ3v) is 16.8. The predicted molar refractivity (Wildman–Crippen MR) is 343 cm³/mol. The lowest BCUT2D eigenvalue weighted by Gasteiger charge is -2.22. The van der Waals surface area contributed by atoms with Crippen LogP contribution in [0.25, 0.3) is 0 Å². The molecule has 6 heteroatoms. The number of ether oxygens (including phenoxy) is 1. The summed E-state index contributed by atoms with van der Waals surface area (Å²) in [5, 5.41) is 23.3. The monoisotopic (exact) mass is 1100 g/mol. The van der Waals surface area contributed by atoms with Crippen LogP contribution in [0.5, 0.6) is 0 Å². The molecule has 0 spiro atoms. The van der Waals surface area contributed by atoms with Crippen molar-refractivity contribution in [3.63, 3.8) is 0 Å². The molecule has 0 heterocycles. The smallest absolute Gasteiger partial charge is 0.305 e. The Kier molecular flexibility index (Phi) is 66.4. The Balaban J connectivity index is 3.37. The molecule has 6 nitrogen and oxygen atoms in total. The average Bonchev–Trinajstić information content (AvgIpc) is 3.44. The normalized spacial score (nSPS) is 12.6. The van der Waals surface area contributed by atoms with Gasteiger partial charge in [0.15, 0.2) is 0 Å². The molecule has 78 heavy (non-hydrogen) atoms. The third-order valence-electron chi connectivity index (χ3n) is 16.8. The van der Waals surface area contributed by atoms with Gasteiger partial charge in [0.25, 0.3) is 0 Å². The summed E-state index contributed by atoms with van der Waals surface area (Å²) in [6.07, 6.45) is 85.2. The van der Waals surface area contributed by atoms with Crippen molar-refractivity contribution in [2.45, 2.75) is 411 Å². The van der Waals surface area contributed by atoms with Gasteiger partial charge >= 0.3 is 5.97 Å². The summed E-state index contributed by atoms with van der Waals surface area (Å²) in [5.41, 5.74) is 0. The highest BCUT2D eigenvalue weighted by Crippen LogP contribution is 2.19. The fraction of sp³-hybridized carbons (Fsp3) is 0.917. The maximum atomic E-state index is 12.5. The van der Waals surface area contributed by atoms with Crippen molar-refractivity contribution < 1.29 is 24.5 Å². The number of hydrogen-bond donors (Lipinski definition) is 3. The molecule has 0 aliphatic carbocycles. The molecule has 2 unspecified atom stereocenters. The van der Waals surface area contributed by atoms with E-state index < -0.39 is 12.1 Å². The summed E-state index contributed by atoms with van der Waals surface area (Å²) in [5.74, 6) is -0.0138. The highest BCUT2D eigenvalue weighted by Gasteiger charge is 2.20. The van der Waals surface area contributed by atoms with Gasteiger partial charge in [-0.15, -0.1) is 0 Å². The lowest BCUT2D eigenvalue weighted by atomic mass is 10.0.